The summed E-state index contributed by atoms with van der Waals surface area (Å²) in [5.41, 5.74) is 4.41. The van der Waals surface area contributed by atoms with Gasteiger partial charge < -0.3 is 4.74 Å². The van der Waals surface area contributed by atoms with E-state index in [0.29, 0.717) is 31.2 Å². The number of benzene rings is 2. The molecular weight excluding hydrogens is 406 g/mol. The molecule has 1 fully saturated rings. The maximum absolute atomic E-state index is 13.2. The Morgan fingerprint density at radius 3 is 2.48 bits per heavy atom. The van der Waals surface area contributed by atoms with E-state index in [2.05, 4.69) is 43.4 Å². The third-order valence-corrected chi connectivity index (χ3v) is 7.60. The molecule has 2 aliphatic rings. The van der Waals surface area contributed by atoms with Crippen molar-refractivity contribution in [1.29, 1.82) is 0 Å². The molecular formula is C26H29NO3S. The molecule has 0 aromatic heterocycles. The summed E-state index contributed by atoms with van der Waals surface area (Å²) in [5, 5.41) is 0. The van der Waals surface area contributed by atoms with Crippen LogP contribution in [0.15, 0.2) is 94.9 Å². The van der Waals surface area contributed by atoms with Gasteiger partial charge in [0.05, 0.1) is 18.1 Å². The lowest BCUT2D eigenvalue weighted by molar-refractivity contribution is 0.144. The number of hydrogen-bond acceptors (Lipinski definition) is 3. The van der Waals surface area contributed by atoms with E-state index in [4.69, 9.17) is 4.74 Å². The zero-order valence-electron chi connectivity index (χ0n) is 18.1. The standard InChI is InChI=1S/C26H29NO3S/c1-20-9-12-26(13-10-20)31(28,29)27-16-24-11-8-21(2)14-23(15-25(24)17-27)19-30-18-22-6-4-3-5-7-22/h3-15,21,24H,16-19H2,1-2H3/b11-8?,23-14+,25-15-/t21-,24-/m1/s1. The lowest BCUT2D eigenvalue weighted by Gasteiger charge is -2.15. The molecule has 2 aromatic carbocycles. The number of sulfonamides is 1. The summed E-state index contributed by atoms with van der Waals surface area (Å²) in [6, 6.07) is 17.2. The van der Waals surface area contributed by atoms with Crippen LogP contribution in [-0.2, 0) is 21.4 Å². The van der Waals surface area contributed by atoms with Gasteiger partial charge in [-0.05, 0) is 41.7 Å². The molecule has 1 aliphatic heterocycles. The Balaban J connectivity index is 1.50. The summed E-state index contributed by atoms with van der Waals surface area (Å²) in [5.74, 6) is 0.372. The van der Waals surface area contributed by atoms with E-state index in [9.17, 15) is 8.42 Å². The van der Waals surface area contributed by atoms with Crippen LogP contribution in [0.5, 0.6) is 0 Å². The lowest BCUT2D eigenvalue weighted by Crippen LogP contribution is -2.28. The van der Waals surface area contributed by atoms with Crippen molar-refractivity contribution < 1.29 is 13.2 Å². The Labute approximate surface area is 185 Å². The highest BCUT2D eigenvalue weighted by atomic mass is 32.2. The van der Waals surface area contributed by atoms with Crippen LogP contribution in [-0.4, -0.2) is 32.4 Å². The Morgan fingerprint density at radius 2 is 1.74 bits per heavy atom. The van der Waals surface area contributed by atoms with Crippen LogP contribution >= 0.6 is 0 Å². The van der Waals surface area contributed by atoms with Gasteiger partial charge in [-0.15, -0.1) is 0 Å². The topological polar surface area (TPSA) is 46.6 Å². The molecule has 4 nitrogen and oxygen atoms in total. The molecule has 1 saturated heterocycles. The predicted molar refractivity (Wildman–Crippen MR) is 124 cm³/mol. The maximum Gasteiger partial charge on any atom is 0.243 e. The van der Waals surface area contributed by atoms with E-state index < -0.39 is 10.0 Å². The average molecular weight is 436 g/mol. The number of hydrogen-bond donors (Lipinski definition) is 0. The number of aryl methyl sites for hydroxylation is 1. The molecule has 0 amide bonds. The van der Waals surface area contributed by atoms with E-state index >= 15 is 0 Å². The van der Waals surface area contributed by atoms with Crippen LogP contribution in [0.2, 0.25) is 0 Å². The van der Waals surface area contributed by atoms with E-state index in [0.717, 1.165) is 22.3 Å². The zero-order chi connectivity index (χ0) is 21.8. The molecule has 0 N–H and O–H groups in total. The number of ether oxygens (including phenoxy) is 1. The van der Waals surface area contributed by atoms with E-state index in [1.165, 1.54) is 0 Å². The van der Waals surface area contributed by atoms with Crippen molar-refractivity contribution in [3.63, 3.8) is 0 Å². The molecule has 0 saturated carbocycles. The van der Waals surface area contributed by atoms with Gasteiger partial charge >= 0.3 is 0 Å². The average Bonchev–Trinajstić information content (AvgIpc) is 3.15. The van der Waals surface area contributed by atoms with Crippen molar-refractivity contribution in [2.45, 2.75) is 25.3 Å². The Bertz CT molecular complexity index is 1100. The first-order valence-corrected chi connectivity index (χ1v) is 12.1. The second kappa shape index (κ2) is 9.35. The van der Waals surface area contributed by atoms with Crippen molar-refractivity contribution in [2.75, 3.05) is 19.7 Å². The molecule has 1 aliphatic carbocycles. The maximum atomic E-state index is 13.2. The lowest BCUT2D eigenvalue weighted by atomic mass is 9.94. The first-order valence-electron chi connectivity index (χ1n) is 10.7. The summed E-state index contributed by atoms with van der Waals surface area (Å²) >= 11 is 0. The Kier molecular flexibility index (Phi) is 6.56. The molecule has 31 heavy (non-hydrogen) atoms. The van der Waals surface area contributed by atoms with Crippen LogP contribution < -0.4 is 0 Å². The monoisotopic (exact) mass is 435 g/mol. The normalized spacial score (nSPS) is 25.1. The smallest absolute Gasteiger partial charge is 0.243 e. The number of fused-ring (bicyclic) bond motifs is 1. The summed E-state index contributed by atoms with van der Waals surface area (Å²) in [7, 11) is -3.51. The van der Waals surface area contributed by atoms with Gasteiger partial charge in [-0.1, -0.05) is 79.3 Å². The highest BCUT2D eigenvalue weighted by Crippen LogP contribution is 2.32. The minimum absolute atomic E-state index is 0.0977. The third-order valence-electron chi connectivity index (χ3n) is 5.77. The van der Waals surface area contributed by atoms with Crippen molar-refractivity contribution in [3.8, 4) is 0 Å². The number of allylic oxidation sites excluding steroid dienone is 2. The van der Waals surface area contributed by atoms with Crippen LogP contribution in [0, 0.1) is 18.8 Å². The van der Waals surface area contributed by atoms with Gasteiger partial charge in [-0.2, -0.15) is 4.31 Å². The predicted octanol–water partition coefficient (Wildman–Crippen LogP) is 4.89. The molecule has 162 valence electrons. The van der Waals surface area contributed by atoms with Crippen molar-refractivity contribution in [1.82, 2.24) is 4.31 Å². The molecule has 1 heterocycles. The van der Waals surface area contributed by atoms with Crippen molar-refractivity contribution >= 4 is 10.0 Å². The second-order valence-corrected chi connectivity index (χ2v) is 10.3. The fraction of sp³-hybridized carbons (Fsp3) is 0.308. The van der Waals surface area contributed by atoms with Crippen LogP contribution in [0.25, 0.3) is 0 Å². The third kappa shape index (κ3) is 5.24. The number of rotatable bonds is 6. The fourth-order valence-electron chi connectivity index (χ4n) is 4.04. The molecule has 5 heteroatoms. The van der Waals surface area contributed by atoms with Gasteiger partial charge in [-0.3, -0.25) is 0 Å². The van der Waals surface area contributed by atoms with E-state index in [1.54, 1.807) is 16.4 Å². The molecule has 0 unspecified atom stereocenters. The molecule has 0 spiro atoms. The van der Waals surface area contributed by atoms with Gasteiger partial charge in [0, 0.05) is 19.0 Å². The highest BCUT2D eigenvalue weighted by Gasteiger charge is 2.35. The molecule has 2 atom stereocenters. The quantitative estimate of drug-likeness (QED) is 0.607. The largest absolute Gasteiger partial charge is 0.372 e. The van der Waals surface area contributed by atoms with Gasteiger partial charge in [0.15, 0.2) is 0 Å². The molecule has 2 aromatic rings. The summed E-state index contributed by atoms with van der Waals surface area (Å²) in [6.07, 6.45) is 8.65. The van der Waals surface area contributed by atoms with E-state index in [1.807, 2.05) is 37.3 Å². The fourth-order valence-corrected chi connectivity index (χ4v) is 5.50. The highest BCUT2D eigenvalue weighted by molar-refractivity contribution is 7.89. The SMILES string of the molecule is Cc1ccc(S(=O)(=O)N2C/C3=C/C(COCc4ccccc4)=C\[C@H](C)C=C[C@@H]3C2)cc1. The minimum Gasteiger partial charge on any atom is -0.372 e. The summed E-state index contributed by atoms with van der Waals surface area (Å²) in [4.78, 5) is 0.354. The van der Waals surface area contributed by atoms with Gasteiger partial charge in [-0.25, -0.2) is 8.42 Å². The number of nitrogens with zero attached hydrogens (tertiary/aromatic N) is 1. The molecule has 4 rings (SSSR count). The second-order valence-electron chi connectivity index (χ2n) is 8.40. The molecule has 0 bridgehead atoms. The Hall–Kier alpha value is -2.47. The van der Waals surface area contributed by atoms with Crippen molar-refractivity contribution in [2.24, 2.45) is 11.8 Å². The minimum atomic E-state index is -3.51. The van der Waals surface area contributed by atoms with Crippen LogP contribution in [0.4, 0.5) is 0 Å². The Morgan fingerprint density at radius 1 is 1.00 bits per heavy atom. The van der Waals surface area contributed by atoms with Gasteiger partial charge in [0.2, 0.25) is 10.0 Å². The van der Waals surface area contributed by atoms with Gasteiger partial charge in [0.25, 0.3) is 0 Å². The first kappa shape index (κ1) is 21.8. The summed E-state index contributed by atoms with van der Waals surface area (Å²) < 4.78 is 33.9. The van der Waals surface area contributed by atoms with E-state index in [-0.39, 0.29) is 11.8 Å². The van der Waals surface area contributed by atoms with Gasteiger partial charge in [0.1, 0.15) is 0 Å². The summed E-state index contributed by atoms with van der Waals surface area (Å²) in [6.45, 7) is 6.05. The zero-order valence-corrected chi connectivity index (χ0v) is 18.9. The molecule has 0 radical (unpaired) electrons. The van der Waals surface area contributed by atoms with Crippen LogP contribution in [0.3, 0.4) is 0 Å². The first-order chi connectivity index (χ1) is 14.9. The van der Waals surface area contributed by atoms with Crippen LogP contribution in [0.1, 0.15) is 18.1 Å². The van der Waals surface area contributed by atoms with Crippen molar-refractivity contribution in [3.05, 3.63) is 101 Å².